The first kappa shape index (κ1) is 16.2. The van der Waals surface area contributed by atoms with Crippen molar-refractivity contribution in [3.63, 3.8) is 0 Å². The zero-order valence-corrected chi connectivity index (χ0v) is 14.1. The second-order valence-electron chi connectivity index (χ2n) is 5.03. The van der Waals surface area contributed by atoms with E-state index in [1.807, 2.05) is 27.7 Å². The van der Waals surface area contributed by atoms with Gasteiger partial charge in [-0.2, -0.15) is 0 Å². The van der Waals surface area contributed by atoms with Crippen LogP contribution in [0.3, 0.4) is 0 Å². The fraction of sp³-hybridized carbons (Fsp3) is 0.375. The molecule has 0 aliphatic heterocycles. The van der Waals surface area contributed by atoms with E-state index in [1.165, 1.54) is 6.07 Å². The van der Waals surface area contributed by atoms with Crippen molar-refractivity contribution in [3.8, 4) is 0 Å². The van der Waals surface area contributed by atoms with Gasteiger partial charge in [0.1, 0.15) is 23.2 Å². The van der Waals surface area contributed by atoms with E-state index in [-0.39, 0.29) is 10.0 Å². The van der Waals surface area contributed by atoms with Crippen LogP contribution in [0, 0.1) is 32.4 Å². The van der Waals surface area contributed by atoms with Gasteiger partial charge >= 0.3 is 0 Å². The molecule has 2 aromatic rings. The SMILES string of the molecule is CCNC(c1cc(F)c(Br)cc1F)c1c(C)oc(C)c1C. The van der Waals surface area contributed by atoms with Crippen LogP contribution >= 0.6 is 15.9 Å². The zero-order chi connectivity index (χ0) is 15.7. The van der Waals surface area contributed by atoms with Crippen LogP contribution in [0.5, 0.6) is 0 Å². The van der Waals surface area contributed by atoms with Gasteiger partial charge in [-0.1, -0.05) is 6.92 Å². The van der Waals surface area contributed by atoms with E-state index >= 15 is 0 Å². The molecule has 1 aromatic heterocycles. The van der Waals surface area contributed by atoms with Crippen molar-refractivity contribution >= 4 is 15.9 Å². The number of furan rings is 1. The maximum Gasteiger partial charge on any atom is 0.137 e. The highest BCUT2D eigenvalue weighted by Crippen LogP contribution is 2.34. The van der Waals surface area contributed by atoms with E-state index in [0.717, 1.165) is 28.7 Å². The standard InChI is InChI=1S/C16H18BrF2NO/c1-5-20-16(15-8(2)9(3)21-10(15)4)11-6-14(19)12(17)7-13(11)18/h6-7,16,20H,5H2,1-4H3. The topological polar surface area (TPSA) is 25.2 Å². The van der Waals surface area contributed by atoms with E-state index in [1.54, 1.807) is 0 Å². The third kappa shape index (κ3) is 3.04. The molecule has 114 valence electrons. The molecule has 0 spiro atoms. The highest BCUT2D eigenvalue weighted by molar-refractivity contribution is 9.10. The summed E-state index contributed by atoms with van der Waals surface area (Å²) < 4.78 is 33.9. The van der Waals surface area contributed by atoms with Gasteiger partial charge in [0.25, 0.3) is 0 Å². The van der Waals surface area contributed by atoms with Crippen molar-refractivity contribution in [2.75, 3.05) is 6.54 Å². The Bertz CT molecular complexity index is 667. The summed E-state index contributed by atoms with van der Waals surface area (Å²) in [4.78, 5) is 0. The van der Waals surface area contributed by atoms with Crippen molar-refractivity contribution < 1.29 is 13.2 Å². The van der Waals surface area contributed by atoms with Crippen LogP contribution < -0.4 is 5.32 Å². The Hall–Kier alpha value is -1.20. The van der Waals surface area contributed by atoms with Gasteiger partial charge in [0, 0.05) is 11.1 Å². The van der Waals surface area contributed by atoms with Gasteiger partial charge in [-0.3, -0.25) is 0 Å². The minimum Gasteiger partial charge on any atom is -0.466 e. The van der Waals surface area contributed by atoms with Gasteiger partial charge < -0.3 is 9.73 Å². The van der Waals surface area contributed by atoms with Crippen molar-refractivity contribution in [3.05, 3.63) is 56.5 Å². The lowest BCUT2D eigenvalue weighted by molar-refractivity contribution is 0.490. The summed E-state index contributed by atoms with van der Waals surface area (Å²) in [7, 11) is 0. The molecule has 2 rings (SSSR count). The lowest BCUT2D eigenvalue weighted by Crippen LogP contribution is -2.24. The lowest BCUT2D eigenvalue weighted by Gasteiger charge is -2.20. The fourth-order valence-electron chi connectivity index (χ4n) is 2.57. The van der Waals surface area contributed by atoms with E-state index in [0.29, 0.717) is 6.54 Å². The first-order valence-electron chi connectivity index (χ1n) is 6.81. The fourth-order valence-corrected chi connectivity index (χ4v) is 2.88. The van der Waals surface area contributed by atoms with Crippen LogP contribution in [0.15, 0.2) is 21.0 Å². The number of nitrogens with one attached hydrogen (secondary N) is 1. The van der Waals surface area contributed by atoms with Crippen LogP contribution in [-0.4, -0.2) is 6.54 Å². The Morgan fingerprint density at radius 2 is 1.81 bits per heavy atom. The predicted molar refractivity (Wildman–Crippen MR) is 82.5 cm³/mol. The summed E-state index contributed by atoms with van der Waals surface area (Å²) in [6, 6.07) is 1.95. The van der Waals surface area contributed by atoms with Crippen molar-refractivity contribution in [2.24, 2.45) is 0 Å². The quantitative estimate of drug-likeness (QED) is 0.783. The zero-order valence-electron chi connectivity index (χ0n) is 12.5. The van der Waals surface area contributed by atoms with Crippen LogP contribution in [-0.2, 0) is 0 Å². The average Bonchev–Trinajstić information content (AvgIpc) is 2.66. The Kier molecular flexibility index (Phi) is 4.84. The normalized spacial score (nSPS) is 12.7. The molecule has 21 heavy (non-hydrogen) atoms. The molecule has 0 fully saturated rings. The van der Waals surface area contributed by atoms with Gasteiger partial charge in [0.05, 0.1) is 10.5 Å². The van der Waals surface area contributed by atoms with Crippen molar-refractivity contribution in [2.45, 2.75) is 33.7 Å². The molecule has 0 radical (unpaired) electrons. The van der Waals surface area contributed by atoms with Gasteiger partial charge in [-0.25, -0.2) is 8.78 Å². The molecule has 1 atom stereocenters. The van der Waals surface area contributed by atoms with E-state index < -0.39 is 17.7 Å². The first-order valence-corrected chi connectivity index (χ1v) is 7.60. The highest BCUT2D eigenvalue weighted by atomic mass is 79.9. The summed E-state index contributed by atoms with van der Waals surface area (Å²) in [5, 5.41) is 3.22. The molecule has 5 heteroatoms. The number of hydrogen-bond donors (Lipinski definition) is 1. The predicted octanol–water partition coefficient (Wildman–Crippen LogP) is 4.94. The summed E-state index contributed by atoms with van der Waals surface area (Å²) in [5.41, 5.74) is 2.11. The third-order valence-electron chi connectivity index (χ3n) is 3.67. The second-order valence-corrected chi connectivity index (χ2v) is 5.89. The molecule has 0 saturated carbocycles. The number of aryl methyl sites for hydroxylation is 2. The molecular formula is C16H18BrF2NO. The van der Waals surface area contributed by atoms with Crippen LogP contribution in [0.25, 0.3) is 0 Å². The number of hydrogen-bond acceptors (Lipinski definition) is 2. The average molecular weight is 358 g/mol. The lowest BCUT2D eigenvalue weighted by atomic mass is 9.95. The maximum atomic E-state index is 14.3. The maximum absolute atomic E-state index is 14.3. The Morgan fingerprint density at radius 3 is 2.33 bits per heavy atom. The third-order valence-corrected chi connectivity index (χ3v) is 4.27. The molecule has 0 bridgehead atoms. The van der Waals surface area contributed by atoms with Crippen molar-refractivity contribution in [1.29, 1.82) is 0 Å². The summed E-state index contributed by atoms with van der Waals surface area (Å²) in [6.07, 6.45) is 0. The highest BCUT2D eigenvalue weighted by Gasteiger charge is 2.25. The molecule has 1 aromatic carbocycles. The Labute approximate surface area is 131 Å². The summed E-state index contributed by atoms with van der Waals surface area (Å²) in [6.45, 7) is 8.20. The molecule has 0 saturated heterocycles. The monoisotopic (exact) mass is 357 g/mol. The minimum absolute atomic E-state index is 0.121. The van der Waals surface area contributed by atoms with Gasteiger partial charge in [-0.15, -0.1) is 0 Å². The van der Waals surface area contributed by atoms with E-state index in [2.05, 4.69) is 21.2 Å². The molecule has 0 aliphatic carbocycles. The Balaban J connectivity index is 2.61. The molecule has 0 aliphatic rings. The molecular weight excluding hydrogens is 340 g/mol. The molecule has 1 heterocycles. The summed E-state index contributed by atoms with van der Waals surface area (Å²) >= 11 is 3.00. The smallest absolute Gasteiger partial charge is 0.137 e. The van der Waals surface area contributed by atoms with E-state index in [9.17, 15) is 8.78 Å². The second kappa shape index (κ2) is 6.28. The van der Waals surface area contributed by atoms with Gasteiger partial charge in [0.15, 0.2) is 0 Å². The summed E-state index contributed by atoms with van der Waals surface area (Å²) in [5.74, 6) is 0.582. The van der Waals surface area contributed by atoms with Crippen LogP contribution in [0.4, 0.5) is 8.78 Å². The van der Waals surface area contributed by atoms with Crippen LogP contribution in [0.2, 0.25) is 0 Å². The number of halogens is 3. The molecule has 2 nitrogen and oxygen atoms in total. The number of benzene rings is 1. The molecule has 1 unspecified atom stereocenters. The Morgan fingerprint density at radius 1 is 1.14 bits per heavy atom. The first-order chi connectivity index (χ1) is 9.86. The van der Waals surface area contributed by atoms with Crippen LogP contribution in [0.1, 0.15) is 41.2 Å². The van der Waals surface area contributed by atoms with Gasteiger partial charge in [-0.05, 0) is 60.9 Å². The number of rotatable bonds is 4. The van der Waals surface area contributed by atoms with E-state index in [4.69, 9.17) is 4.42 Å². The molecule has 1 N–H and O–H groups in total. The molecule has 0 amide bonds. The van der Waals surface area contributed by atoms with Crippen molar-refractivity contribution in [1.82, 2.24) is 5.32 Å². The largest absolute Gasteiger partial charge is 0.466 e. The minimum atomic E-state index is -0.482. The van der Waals surface area contributed by atoms with Gasteiger partial charge in [0.2, 0.25) is 0 Å².